The summed E-state index contributed by atoms with van der Waals surface area (Å²) < 4.78 is 22.1. The minimum Gasteiger partial charge on any atom is -0.493 e. The van der Waals surface area contributed by atoms with E-state index in [1.54, 1.807) is 28.4 Å². The van der Waals surface area contributed by atoms with Crippen molar-refractivity contribution in [2.24, 2.45) is 5.92 Å². The van der Waals surface area contributed by atoms with Crippen LogP contribution >= 0.6 is 0 Å². The highest BCUT2D eigenvalue weighted by Crippen LogP contribution is 2.40. The number of benzene rings is 2. The van der Waals surface area contributed by atoms with Gasteiger partial charge < -0.3 is 29.2 Å². The molecule has 1 N–H and O–H groups in total. The lowest BCUT2D eigenvalue weighted by atomic mass is 9.69. The molecule has 1 unspecified atom stereocenters. The Kier molecular flexibility index (Phi) is 15.0. The number of nitrogens with one attached hydrogen (secondary N) is 1. The van der Waals surface area contributed by atoms with Gasteiger partial charge in [0.05, 0.1) is 39.9 Å². The van der Waals surface area contributed by atoms with Gasteiger partial charge in [0.15, 0.2) is 23.0 Å². The van der Waals surface area contributed by atoms with E-state index < -0.39 is 5.41 Å². The third-order valence-corrected chi connectivity index (χ3v) is 8.71. The monoisotopic (exact) mass is 623 g/mol. The summed E-state index contributed by atoms with van der Waals surface area (Å²) in [6.45, 7) is 14.9. The number of methoxy groups -OCH3 is 4. The Labute approximate surface area is 272 Å². The van der Waals surface area contributed by atoms with Gasteiger partial charge in [0.1, 0.15) is 0 Å². The van der Waals surface area contributed by atoms with Crippen molar-refractivity contribution in [1.82, 2.24) is 10.2 Å². The molecule has 0 fully saturated rings. The van der Waals surface area contributed by atoms with Crippen molar-refractivity contribution in [2.45, 2.75) is 97.4 Å². The fourth-order valence-corrected chi connectivity index (χ4v) is 5.87. The van der Waals surface area contributed by atoms with Gasteiger partial charge in [0.25, 0.3) is 5.91 Å². The zero-order chi connectivity index (χ0) is 33.6. The fraction of sp³-hybridized carbons (Fsp3) is 0.622. The number of hydrogen-bond acceptors (Lipinski definition) is 7. The van der Waals surface area contributed by atoms with Crippen molar-refractivity contribution in [3.8, 4) is 29.1 Å². The van der Waals surface area contributed by atoms with E-state index in [2.05, 4.69) is 52.9 Å². The lowest BCUT2D eigenvalue weighted by Crippen LogP contribution is -2.46. The Morgan fingerprint density at radius 2 is 1.49 bits per heavy atom. The molecule has 0 radical (unpaired) electrons. The summed E-state index contributed by atoms with van der Waals surface area (Å²) in [5.41, 5.74) is 1.62. The SMILES string of the molecule is CCCCCN(C(=O)c1cc(OC)c(OC)cc1CCNCCCCC(C#N)(c1ccc(OC)c(OC)c1)C(C)C)C(C)(C)C. The van der Waals surface area contributed by atoms with Gasteiger partial charge in [0.2, 0.25) is 0 Å². The molecule has 8 nitrogen and oxygen atoms in total. The molecule has 8 heteroatoms. The summed E-state index contributed by atoms with van der Waals surface area (Å²) in [4.78, 5) is 16.0. The van der Waals surface area contributed by atoms with E-state index in [1.165, 1.54) is 0 Å². The first-order chi connectivity index (χ1) is 21.4. The predicted octanol–water partition coefficient (Wildman–Crippen LogP) is 7.57. The van der Waals surface area contributed by atoms with E-state index in [0.29, 0.717) is 48.1 Å². The molecule has 250 valence electrons. The summed E-state index contributed by atoms with van der Waals surface area (Å²) >= 11 is 0. The highest BCUT2D eigenvalue weighted by molar-refractivity contribution is 5.97. The Morgan fingerprint density at radius 3 is 2.04 bits per heavy atom. The molecule has 0 saturated carbocycles. The maximum absolute atomic E-state index is 14.0. The van der Waals surface area contributed by atoms with Crippen molar-refractivity contribution in [2.75, 3.05) is 48.1 Å². The first kappa shape index (κ1) is 37.7. The number of carbonyl (C=O) groups excluding carboxylic acids is 1. The minimum absolute atomic E-state index is 0.0197. The van der Waals surface area contributed by atoms with Crippen LogP contribution in [0.2, 0.25) is 0 Å². The van der Waals surface area contributed by atoms with Crippen LogP contribution in [0.15, 0.2) is 30.3 Å². The molecule has 1 amide bonds. The average molecular weight is 624 g/mol. The first-order valence-electron chi connectivity index (χ1n) is 16.3. The molecule has 0 bridgehead atoms. The van der Waals surface area contributed by atoms with Crippen LogP contribution in [0.3, 0.4) is 0 Å². The molecule has 2 aromatic carbocycles. The molecular weight excluding hydrogens is 566 g/mol. The Morgan fingerprint density at radius 1 is 0.867 bits per heavy atom. The number of rotatable bonds is 19. The second kappa shape index (κ2) is 17.9. The number of amides is 1. The van der Waals surface area contributed by atoms with Crippen LogP contribution in [0.5, 0.6) is 23.0 Å². The molecule has 0 aromatic heterocycles. The smallest absolute Gasteiger partial charge is 0.254 e. The largest absolute Gasteiger partial charge is 0.493 e. The van der Waals surface area contributed by atoms with Crippen molar-refractivity contribution >= 4 is 5.91 Å². The number of hydrogen-bond donors (Lipinski definition) is 1. The molecule has 2 rings (SSSR count). The zero-order valence-corrected chi connectivity index (χ0v) is 29.5. The molecule has 0 aliphatic heterocycles. The lowest BCUT2D eigenvalue weighted by molar-refractivity contribution is 0.0576. The molecule has 45 heavy (non-hydrogen) atoms. The molecule has 0 saturated heterocycles. The lowest BCUT2D eigenvalue weighted by Gasteiger charge is -2.36. The van der Waals surface area contributed by atoms with Gasteiger partial charge in [-0.25, -0.2) is 0 Å². The van der Waals surface area contributed by atoms with Crippen LogP contribution in [0, 0.1) is 17.2 Å². The Balaban J connectivity index is 2.12. The summed E-state index contributed by atoms with van der Waals surface area (Å²) in [5, 5.41) is 13.9. The van der Waals surface area contributed by atoms with Crippen LogP contribution in [-0.2, 0) is 11.8 Å². The van der Waals surface area contributed by atoms with Gasteiger partial charge in [-0.1, -0.05) is 46.1 Å². The molecule has 1 atom stereocenters. The van der Waals surface area contributed by atoms with E-state index in [1.807, 2.05) is 35.2 Å². The standard InChI is InChI=1S/C37H57N3O5/c1-11-12-15-22-40(36(4,5)6)35(41)30-25-34(45-10)32(43-8)23-28(30)18-21-39-20-14-13-19-37(26-38,27(2)3)29-16-17-31(42-7)33(24-29)44-9/h16-17,23-25,27,39H,11-15,18-22H2,1-10H3. The van der Waals surface area contributed by atoms with Gasteiger partial charge in [-0.2, -0.15) is 5.26 Å². The summed E-state index contributed by atoms with van der Waals surface area (Å²) in [5.74, 6) is 2.62. The zero-order valence-electron chi connectivity index (χ0n) is 29.5. The normalized spacial score (nSPS) is 12.8. The molecule has 0 heterocycles. The maximum Gasteiger partial charge on any atom is 0.254 e. The van der Waals surface area contributed by atoms with Crippen LogP contribution in [0.25, 0.3) is 0 Å². The second-order valence-corrected chi connectivity index (χ2v) is 13.0. The molecule has 0 aliphatic rings. The van der Waals surface area contributed by atoms with Crippen molar-refractivity contribution in [3.05, 3.63) is 47.0 Å². The molecule has 0 spiro atoms. The Hall–Kier alpha value is -3.44. The van der Waals surface area contributed by atoms with Crippen molar-refractivity contribution in [1.29, 1.82) is 5.26 Å². The minimum atomic E-state index is -0.621. The molecule has 0 aliphatic carbocycles. The summed E-state index contributed by atoms with van der Waals surface area (Å²) in [6.07, 6.45) is 6.40. The second-order valence-electron chi connectivity index (χ2n) is 13.0. The third kappa shape index (κ3) is 9.77. The highest BCUT2D eigenvalue weighted by atomic mass is 16.5. The Bertz CT molecular complexity index is 1260. The van der Waals surface area contributed by atoms with Crippen LogP contribution in [-0.4, -0.2) is 64.4 Å². The van der Waals surface area contributed by atoms with E-state index in [-0.39, 0.29) is 17.4 Å². The highest BCUT2D eigenvalue weighted by Gasteiger charge is 2.36. The summed E-state index contributed by atoms with van der Waals surface area (Å²) in [7, 11) is 6.45. The van der Waals surface area contributed by atoms with E-state index in [9.17, 15) is 10.1 Å². The summed E-state index contributed by atoms with van der Waals surface area (Å²) in [6, 6.07) is 12.2. The van der Waals surface area contributed by atoms with Crippen LogP contribution in [0.4, 0.5) is 0 Å². The quantitative estimate of drug-likeness (QED) is 0.161. The van der Waals surface area contributed by atoms with E-state index >= 15 is 0 Å². The van der Waals surface area contributed by atoms with Gasteiger partial charge in [-0.15, -0.1) is 0 Å². The topological polar surface area (TPSA) is 93.1 Å². The van der Waals surface area contributed by atoms with Crippen molar-refractivity contribution in [3.63, 3.8) is 0 Å². The number of unbranched alkanes of at least 4 members (excludes halogenated alkanes) is 3. The van der Waals surface area contributed by atoms with Gasteiger partial charge in [0, 0.05) is 17.6 Å². The average Bonchev–Trinajstić information content (AvgIpc) is 3.02. The van der Waals surface area contributed by atoms with Crippen molar-refractivity contribution < 1.29 is 23.7 Å². The van der Waals surface area contributed by atoms with E-state index in [4.69, 9.17) is 18.9 Å². The first-order valence-corrected chi connectivity index (χ1v) is 16.3. The number of carbonyl (C=O) groups is 1. The fourth-order valence-electron chi connectivity index (χ4n) is 5.87. The molecular formula is C37H57N3O5. The van der Waals surface area contributed by atoms with Crippen LogP contribution in [0.1, 0.15) is 102 Å². The third-order valence-electron chi connectivity index (χ3n) is 8.71. The number of ether oxygens (including phenoxy) is 4. The van der Waals surface area contributed by atoms with Gasteiger partial charge in [-0.05, 0) is 101 Å². The van der Waals surface area contributed by atoms with Gasteiger partial charge in [-0.3, -0.25) is 4.79 Å². The predicted molar refractivity (Wildman–Crippen MR) is 182 cm³/mol. The number of nitriles is 1. The van der Waals surface area contributed by atoms with Crippen LogP contribution < -0.4 is 24.3 Å². The number of nitrogens with zero attached hydrogens (tertiary/aromatic N) is 2. The van der Waals surface area contributed by atoms with E-state index in [0.717, 1.165) is 56.2 Å². The maximum atomic E-state index is 14.0. The molecule has 2 aromatic rings. The van der Waals surface area contributed by atoms with Gasteiger partial charge >= 0.3 is 0 Å².